The van der Waals surface area contributed by atoms with Crippen molar-refractivity contribution in [2.75, 3.05) is 6.61 Å². The number of nitrogens with zero attached hydrogens (tertiary/aromatic N) is 2. The van der Waals surface area contributed by atoms with Crippen LogP contribution in [0.2, 0.25) is 0 Å². The second-order valence-electron chi connectivity index (χ2n) is 7.08. The van der Waals surface area contributed by atoms with E-state index < -0.39 is 11.9 Å². The maximum absolute atomic E-state index is 13.4. The van der Waals surface area contributed by atoms with E-state index in [-0.39, 0.29) is 23.6 Å². The number of ether oxygens (including phenoxy) is 1. The summed E-state index contributed by atoms with van der Waals surface area (Å²) in [4.78, 5) is 26.4. The zero-order valence-electron chi connectivity index (χ0n) is 17.3. The molecule has 0 saturated heterocycles. The molecule has 0 radical (unpaired) electrons. The molecule has 0 bridgehead atoms. The average Bonchev–Trinajstić information content (AvgIpc) is 3.12. The van der Waals surface area contributed by atoms with E-state index in [1.165, 1.54) is 15.9 Å². The number of fused-ring (bicyclic) bond motifs is 1. The summed E-state index contributed by atoms with van der Waals surface area (Å²) >= 11 is 5.57. The fraction of sp³-hybridized carbons (Fsp3) is 0.125. The van der Waals surface area contributed by atoms with Crippen molar-refractivity contribution in [3.05, 3.63) is 91.9 Å². The van der Waals surface area contributed by atoms with Crippen LogP contribution >= 0.6 is 56.5 Å². The number of rotatable bonds is 4. The van der Waals surface area contributed by atoms with Gasteiger partial charge in [0.05, 0.1) is 34.3 Å². The molecule has 9 heteroatoms. The molecule has 0 saturated carbocycles. The maximum Gasteiger partial charge on any atom is 0.338 e. The highest BCUT2D eigenvalue weighted by molar-refractivity contribution is 14.1. The van der Waals surface area contributed by atoms with Gasteiger partial charge in [-0.25, -0.2) is 4.79 Å². The number of hydrogen-bond acceptors (Lipinski definition) is 6. The number of hydrogen-bond donors (Lipinski definition) is 1. The Balaban J connectivity index is 2.11. The largest absolute Gasteiger partial charge is 0.463 e. The lowest BCUT2D eigenvalue weighted by Crippen LogP contribution is -2.40. The first kappa shape index (κ1) is 23.7. The highest BCUT2D eigenvalue weighted by Gasteiger charge is 2.37. The van der Waals surface area contributed by atoms with Crippen LogP contribution < -0.4 is 20.5 Å². The molecule has 2 aromatic carbocycles. The molecule has 1 aromatic heterocycles. The molecule has 0 spiro atoms. The minimum absolute atomic E-state index is 0.00392. The summed E-state index contributed by atoms with van der Waals surface area (Å²) in [5, 5.41) is 10.2. The highest BCUT2D eigenvalue weighted by Crippen LogP contribution is 2.38. The van der Waals surface area contributed by atoms with Gasteiger partial charge in [0.25, 0.3) is 5.56 Å². The van der Waals surface area contributed by atoms with Gasteiger partial charge in [-0.05, 0) is 81.4 Å². The van der Waals surface area contributed by atoms with Crippen LogP contribution in [0.1, 0.15) is 24.0 Å². The first-order valence-corrected chi connectivity index (χ1v) is 12.9. The number of nitrogens with two attached hydrogens (primary N) is 1. The monoisotopic (exact) mass is 681 g/mol. The summed E-state index contributed by atoms with van der Waals surface area (Å²) in [6, 6.07) is 17.4. The van der Waals surface area contributed by atoms with Gasteiger partial charge < -0.3 is 10.5 Å². The molecular formula is C24H17I2N3O3S. The van der Waals surface area contributed by atoms with Gasteiger partial charge in [-0.15, -0.1) is 11.3 Å². The number of aromatic nitrogens is 1. The van der Waals surface area contributed by atoms with Crippen molar-refractivity contribution < 1.29 is 9.53 Å². The minimum Gasteiger partial charge on any atom is -0.463 e. The standard InChI is InChI=1S/C24H17I2N3O3S/c1-2-32-24(31)20-19(14-8-4-6-10-17(14)26)15(12-27)23-29(21(20)28)22(30)18(33-23)11-13-7-3-5-9-16(13)25/h3-11,19H,2,28H2,1H3/t19-/m0/s1. The molecule has 1 aliphatic heterocycles. The third-order valence-corrected chi connectivity index (χ3v) is 8.25. The van der Waals surface area contributed by atoms with Crippen molar-refractivity contribution in [1.82, 2.24) is 4.57 Å². The summed E-state index contributed by atoms with van der Waals surface area (Å²) in [6.45, 7) is 1.84. The highest BCUT2D eigenvalue weighted by atomic mass is 127. The summed E-state index contributed by atoms with van der Waals surface area (Å²) in [7, 11) is 0. The SMILES string of the molecule is CCOC(=O)C1=C(N)n2c(sc(=Cc3ccccc3I)c2=O)=C(C#N)[C@@H]1c1ccccc1I. The topological polar surface area (TPSA) is 98.1 Å². The third kappa shape index (κ3) is 4.27. The van der Waals surface area contributed by atoms with Gasteiger partial charge >= 0.3 is 5.97 Å². The smallest absolute Gasteiger partial charge is 0.338 e. The molecule has 2 heterocycles. The second-order valence-corrected chi connectivity index (χ2v) is 10.4. The van der Waals surface area contributed by atoms with Crippen LogP contribution in [0.3, 0.4) is 0 Å². The van der Waals surface area contributed by atoms with Crippen molar-refractivity contribution in [2.45, 2.75) is 12.8 Å². The van der Waals surface area contributed by atoms with Crippen molar-refractivity contribution in [3.63, 3.8) is 0 Å². The molecule has 0 aliphatic carbocycles. The molecule has 1 aliphatic rings. The number of thiazole rings is 1. The zero-order chi connectivity index (χ0) is 23.7. The number of carbonyl (C=O) groups is 1. The Labute approximate surface area is 221 Å². The van der Waals surface area contributed by atoms with E-state index in [1.807, 2.05) is 48.5 Å². The number of esters is 1. The predicted molar refractivity (Wildman–Crippen MR) is 146 cm³/mol. The molecule has 6 nitrogen and oxygen atoms in total. The molecule has 4 rings (SSSR count). The molecule has 3 aromatic rings. The van der Waals surface area contributed by atoms with Crippen LogP contribution in [0.15, 0.2) is 58.9 Å². The Morgan fingerprint density at radius 2 is 1.88 bits per heavy atom. The Morgan fingerprint density at radius 3 is 2.52 bits per heavy atom. The predicted octanol–water partition coefficient (Wildman–Crippen LogP) is 3.11. The normalized spacial score (nSPS) is 15.9. The van der Waals surface area contributed by atoms with Crippen LogP contribution in [0.4, 0.5) is 0 Å². The van der Waals surface area contributed by atoms with Gasteiger partial charge in [0.15, 0.2) is 0 Å². The van der Waals surface area contributed by atoms with Gasteiger partial charge in [-0.2, -0.15) is 5.26 Å². The average molecular weight is 681 g/mol. The van der Waals surface area contributed by atoms with Crippen LogP contribution in [0, 0.1) is 18.5 Å². The minimum atomic E-state index is -0.732. The van der Waals surface area contributed by atoms with E-state index in [9.17, 15) is 14.9 Å². The number of halogens is 2. The number of nitriles is 1. The van der Waals surface area contributed by atoms with Crippen molar-refractivity contribution in [2.24, 2.45) is 5.73 Å². The molecule has 0 fully saturated rings. The maximum atomic E-state index is 13.4. The second kappa shape index (κ2) is 9.82. The van der Waals surface area contributed by atoms with Crippen LogP contribution in [-0.4, -0.2) is 17.1 Å². The van der Waals surface area contributed by atoms with Gasteiger partial charge in [-0.3, -0.25) is 9.36 Å². The van der Waals surface area contributed by atoms with Gasteiger partial charge in [0.2, 0.25) is 0 Å². The lowest BCUT2D eigenvalue weighted by Gasteiger charge is -2.25. The van der Waals surface area contributed by atoms with Gasteiger partial charge in [-0.1, -0.05) is 36.4 Å². The first-order chi connectivity index (χ1) is 15.9. The summed E-state index contributed by atoms with van der Waals surface area (Å²) in [6.07, 6.45) is 1.79. The van der Waals surface area contributed by atoms with Crippen LogP contribution in [0.25, 0.3) is 17.5 Å². The van der Waals surface area contributed by atoms with Crippen molar-refractivity contribution in [1.29, 1.82) is 5.26 Å². The summed E-state index contributed by atoms with van der Waals surface area (Å²) in [5.74, 6) is -1.38. The molecule has 0 amide bonds. The quantitative estimate of drug-likeness (QED) is 0.338. The van der Waals surface area contributed by atoms with E-state index >= 15 is 0 Å². The number of benzene rings is 2. The fourth-order valence-electron chi connectivity index (χ4n) is 3.71. The van der Waals surface area contributed by atoms with E-state index in [4.69, 9.17) is 10.5 Å². The molecule has 33 heavy (non-hydrogen) atoms. The molecule has 166 valence electrons. The lowest BCUT2D eigenvalue weighted by atomic mass is 9.84. The van der Waals surface area contributed by atoms with Crippen molar-refractivity contribution >= 4 is 80.0 Å². The van der Waals surface area contributed by atoms with Crippen LogP contribution in [0.5, 0.6) is 0 Å². The van der Waals surface area contributed by atoms with Gasteiger partial charge in [0, 0.05) is 7.14 Å². The molecule has 0 unspecified atom stereocenters. The Kier molecular flexibility index (Phi) is 7.06. The molecule has 1 atom stereocenters. The molecule has 2 N–H and O–H groups in total. The summed E-state index contributed by atoms with van der Waals surface area (Å²) < 4.78 is 9.27. The first-order valence-electron chi connectivity index (χ1n) is 9.93. The zero-order valence-corrected chi connectivity index (χ0v) is 22.5. The number of carbonyl (C=O) groups excluding carboxylic acids is 1. The van der Waals surface area contributed by atoms with Crippen LogP contribution in [-0.2, 0) is 9.53 Å². The van der Waals surface area contributed by atoms with E-state index in [2.05, 4.69) is 51.3 Å². The summed E-state index contributed by atoms with van der Waals surface area (Å²) in [5.41, 5.74) is 8.13. The van der Waals surface area contributed by atoms with Gasteiger partial charge in [0.1, 0.15) is 10.5 Å². The van der Waals surface area contributed by atoms with E-state index in [0.29, 0.717) is 14.8 Å². The Hall–Kier alpha value is -2.43. The van der Waals surface area contributed by atoms with E-state index in [0.717, 1.165) is 18.3 Å². The third-order valence-electron chi connectivity index (χ3n) is 5.17. The Bertz CT molecular complexity index is 1530. The lowest BCUT2D eigenvalue weighted by molar-refractivity contribution is -0.138. The van der Waals surface area contributed by atoms with Crippen molar-refractivity contribution in [3.8, 4) is 6.07 Å². The molecular weight excluding hydrogens is 664 g/mol. The van der Waals surface area contributed by atoms with E-state index in [1.54, 1.807) is 13.0 Å². The Morgan fingerprint density at radius 1 is 1.21 bits per heavy atom. The fourth-order valence-corrected chi connectivity index (χ4v) is 6.08.